The standard InChI is InChI=1S/C104H3N/c1-2-3-4-5-6-7-8-9-10-11-12-13-14-15-16-17-18-19-20-21-22-23-24-25-26-27-28-29-30-31-32-33-34-35-36-37-38-39-40-41-42-43-44-45-46-47-48-49-50-51-52-53-54-55-56-57-58-59-60-61-62-63-64-65-66-67-68-69-70-71-72-73-74-75-76-77-78-79-80-81-82-83-84-85-86-87-88-89-90-91-92-93-94-95-96-97-98-99-100-101-102-103-104-105/h1H3. The monoisotopic (exact) mass is 1270 g/mol. The molecule has 0 bridgehead atoms. The molecule has 0 aromatic rings. The van der Waals surface area contributed by atoms with Gasteiger partial charge in [0.2, 0.25) is 0 Å². The first-order chi connectivity index (χ1) is 52.4. The van der Waals surface area contributed by atoms with Crippen LogP contribution in [0, 0.1) is 615 Å². The largest absolute Gasteiger partial charge is 0.183 e. The van der Waals surface area contributed by atoms with Crippen LogP contribution in [0.3, 0.4) is 0 Å². The topological polar surface area (TPSA) is 23.8 Å². The lowest BCUT2D eigenvalue weighted by atomic mass is 10.4. The van der Waals surface area contributed by atoms with E-state index in [-0.39, 0.29) is 0 Å². The SMILES string of the molecule is CC#CC#CC#CC#CC#CC#CC#CC#CC#CC#CC#CC#CC#CC#CC#CC#CC#CC#CC#CC#CC#CC#CC#CC#CC#CC#CC#CC#CC#CC#CC#CC#CC#CC#CC#CC#CC#CC#CC#CC#CC#CC#CC#CC#CC#CC#CC#CC#CC#CC#CC#CC#N. The summed E-state index contributed by atoms with van der Waals surface area (Å²) in [5.41, 5.74) is 0. The third kappa shape index (κ3) is 81.0. The molecule has 1 nitrogen and oxygen atoms in total. The van der Waals surface area contributed by atoms with Crippen LogP contribution in [-0.4, -0.2) is 0 Å². The van der Waals surface area contributed by atoms with E-state index in [1.54, 1.807) is 13.0 Å². The van der Waals surface area contributed by atoms with Gasteiger partial charge in [0.1, 0.15) is 0 Å². The second kappa shape index (κ2) is 81.1. The van der Waals surface area contributed by atoms with Crippen molar-refractivity contribution in [1.29, 1.82) is 5.26 Å². The van der Waals surface area contributed by atoms with Crippen LogP contribution < -0.4 is 0 Å². The van der Waals surface area contributed by atoms with Crippen molar-refractivity contribution in [2.75, 3.05) is 0 Å². The van der Waals surface area contributed by atoms with Crippen LogP contribution in [0.4, 0.5) is 0 Å². The van der Waals surface area contributed by atoms with Gasteiger partial charge in [-0.1, -0.05) is 5.92 Å². The van der Waals surface area contributed by atoms with Crippen LogP contribution in [0.5, 0.6) is 0 Å². The molecule has 0 atom stereocenters. The summed E-state index contributed by atoms with van der Waals surface area (Å²) in [6, 6.07) is 1.63. The highest BCUT2D eigenvalue weighted by Crippen LogP contribution is 1.68. The van der Waals surface area contributed by atoms with Gasteiger partial charge < -0.3 is 0 Å². The Morgan fingerprint density at radius 2 is 0.124 bits per heavy atom. The summed E-state index contributed by atoms with van der Waals surface area (Å²) in [6.07, 6.45) is 0. The van der Waals surface area contributed by atoms with Crippen molar-refractivity contribution in [3.63, 3.8) is 0 Å². The predicted molar refractivity (Wildman–Crippen MR) is 408 cm³/mol. The van der Waals surface area contributed by atoms with Crippen molar-refractivity contribution in [1.82, 2.24) is 0 Å². The van der Waals surface area contributed by atoms with Gasteiger partial charge in [-0.15, -0.1) is 0 Å². The van der Waals surface area contributed by atoms with Gasteiger partial charge in [0.15, 0.2) is 6.07 Å². The molecule has 0 amide bonds. The second-order valence-corrected chi connectivity index (χ2v) is 13.0. The maximum atomic E-state index is 8.22. The fraction of sp³-hybridized carbons (Fsp3) is 0.00962. The van der Waals surface area contributed by atoms with Gasteiger partial charge >= 0.3 is 0 Å². The van der Waals surface area contributed by atoms with E-state index in [1.807, 2.05) is 0 Å². The normalized spacial score (nSPS) is 3.96. The fourth-order valence-electron chi connectivity index (χ4n) is 3.18. The fourth-order valence-corrected chi connectivity index (χ4v) is 3.18. The molecule has 0 fully saturated rings. The Morgan fingerprint density at radius 1 is 0.0762 bits per heavy atom. The predicted octanol–water partition coefficient (Wildman–Crippen LogP) is 0.703. The molecule has 0 N–H and O–H groups in total. The highest BCUT2D eigenvalue weighted by atomic mass is 14.2. The zero-order valence-corrected chi connectivity index (χ0v) is 52.9. The number of nitriles is 1. The molecule has 0 aromatic heterocycles. The van der Waals surface area contributed by atoms with Crippen molar-refractivity contribution in [2.45, 2.75) is 6.92 Å². The van der Waals surface area contributed by atoms with Crippen LogP contribution in [0.1, 0.15) is 6.92 Å². The van der Waals surface area contributed by atoms with Crippen molar-refractivity contribution in [2.24, 2.45) is 0 Å². The van der Waals surface area contributed by atoms with Crippen LogP contribution in [0.25, 0.3) is 0 Å². The van der Waals surface area contributed by atoms with Crippen LogP contribution in [0.15, 0.2) is 0 Å². The van der Waals surface area contributed by atoms with Crippen molar-refractivity contribution < 1.29 is 0 Å². The molecule has 0 saturated carbocycles. The van der Waals surface area contributed by atoms with E-state index in [1.165, 1.54) is 0 Å². The molecule has 105 heavy (non-hydrogen) atoms. The van der Waals surface area contributed by atoms with Gasteiger partial charge in [0.25, 0.3) is 0 Å². The lowest BCUT2D eigenvalue weighted by molar-refractivity contribution is 1.55. The maximum absolute atomic E-state index is 8.22. The van der Waals surface area contributed by atoms with Gasteiger partial charge in [-0.2, -0.15) is 5.26 Å². The van der Waals surface area contributed by atoms with Crippen LogP contribution >= 0.6 is 0 Å². The summed E-state index contributed by atoms with van der Waals surface area (Å²) in [6.45, 7) is 1.68. The van der Waals surface area contributed by atoms with Gasteiger partial charge in [0.05, 0.1) is 0 Å². The van der Waals surface area contributed by atoms with Crippen molar-refractivity contribution in [3.8, 4) is 610 Å². The second-order valence-electron chi connectivity index (χ2n) is 13.0. The summed E-state index contributed by atoms with van der Waals surface area (Å²) >= 11 is 0. The van der Waals surface area contributed by atoms with Gasteiger partial charge in [-0.25, -0.2) is 0 Å². The van der Waals surface area contributed by atoms with Gasteiger partial charge in [-0.3, -0.25) is 0 Å². The molecule has 0 radical (unpaired) electrons. The molecule has 0 saturated heterocycles. The van der Waals surface area contributed by atoms with Crippen LogP contribution in [0.2, 0.25) is 0 Å². The number of hydrogen-bond acceptors (Lipinski definition) is 1. The van der Waals surface area contributed by atoms with E-state index in [2.05, 4.69) is 604 Å². The Balaban J connectivity index is 4.64. The number of rotatable bonds is 0. The number of nitrogens with zero attached hydrogens (tertiary/aromatic N) is 1. The minimum atomic E-state index is 1.63. The Kier molecular flexibility index (Phi) is 63.3. The zero-order chi connectivity index (χ0) is 74.8. The minimum absolute atomic E-state index is 1.63. The molecule has 0 unspecified atom stereocenters. The van der Waals surface area contributed by atoms with E-state index < -0.39 is 0 Å². The molecule has 0 heterocycles. The molecule has 424 valence electrons. The number of hydrogen-bond donors (Lipinski definition) is 0. The molecule has 0 aliphatic heterocycles. The lowest BCUT2D eigenvalue weighted by Gasteiger charge is -1.58. The Morgan fingerprint density at radius 3 is 0.171 bits per heavy atom. The first-order valence-corrected chi connectivity index (χ1v) is 26.2. The molecular weight excluding hydrogens is 1260 g/mol. The van der Waals surface area contributed by atoms with Crippen molar-refractivity contribution >= 4 is 0 Å². The molecule has 1 heteroatoms. The zero-order valence-electron chi connectivity index (χ0n) is 52.9. The third-order valence-corrected chi connectivity index (χ3v) is 6.43. The average Bonchev–Trinajstić information content (AvgIpc) is 3.78. The Hall–Kier alpha value is -22.9. The molecule has 0 aliphatic carbocycles. The smallest absolute Gasteiger partial charge is 0.153 e. The van der Waals surface area contributed by atoms with Crippen LogP contribution in [-0.2, 0) is 0 Å². The van der Waals surface area contributed by atoms with Crippen molar-refractivity contribution in [3.05, 3.63) is 0 Å². The highest BCUT2D eigenvalue weighted by molar-refractivity contribution is 5.56. The first kappa shape index (κ1) is 82.1. The average molecular weight is 1270 g/mol. The van der Waals surface area contributed by atoms with E-state index in [9.17, 15) is 0 Å². The minimum Gasteiger partial charge on any atom is -0.183 e. The first-order valence-electron chi connectivity index (χ1n) is 26.2. The summed E-state index contributed by atoms with van der Waals surface area (Å²) in [7, 11) is 0. The van der Waals surface area contributed by atoms with Gasteiger partial charge in [0, 0.05) is 551 Å². The molecule has 0 rings (SSSR count). The molecular formula is C104H3N. The summed E-state index contributed by atoms with van der Waals surface area (Å²) in [4.78, 5) is 0. The molecule has 0 aromatic carbocycles. The van der Waals surface area contributed by atoms with Gasteiger partial charge in [-0.05, 0) is 54.3 Å². The Labute approximate surface area is 618 Å². The lowest BCUT2D eigenvalue weighted by Crippen LogP contribution is -1.57. The third-order valence-electron chi connectivity index (χ3n) is 6.43. The summed E-state index contributed by atoms with van der Waals surface area (Å²) in [5, 5.41) is 8.22. The molecule has 0 spiro atoms. The highest BCUT2D eigenvalue weighted by Gasteiger charge is 1.68. The van der Waals surface area contributed by atoms with E-state index in [0.29, 0.717) is 0 Å². The van der Waals surface area contributed by atoms with E-state index >= 15 is 0 Å². The van der Waals surface area contributed by atoms with E-state index in [4.69, 9.17) is 5.26 Å². The summed E-state index contributed by atoms with van der Waals surface area (Å²) in [5.74, 6) is 254. The quantitative estimate of drug-likeness (QED) is 0.329. The Bertz CT molecular complexity index is 7460. The molecule has 0 aliphatic rings. The maximum Gasteiger partial charge on any atom is 0.153 e. The van der Waals surface area contributed by atoms with E-state index in [0.717, 1.165) is 0 Å². The summed E-state index contributed by atoms with van der Waals surface area (Å²) < 4.78 is 0.